The van der Waals surface area contributed by atoms with Crippen molar-refractivity contribution < 1.29 is 13.2 Å². The molecule has 34 heavy (non-hydrogen) atoms. The molecule has 174 valence electrons. The van der Waals surface area contributed by atoms with E-state index in [1.807, 2.05) is 6.07 Å². The maximum absolute atomic E-state index is 13.1. The molecule has 1 N–H and O–H groups in total. The van der Waals surface area contributed by atoms with Crippen molar-refractivity contribution in [3.8, 4) is 11.3 Å². The van der Waals surface area contributed by atoms with Gasteiger partial charge in [-0.2, -0.15) is 0 Å². The number of rotatable bonds is 7. The summed E-state index contributed by atoms with van der Waals surface area (Å²) in [6.45, 7) is 2.04. The molecule has 0 fully saturated rings. The molecule has 0 aliphatic rings. The number of carbonyl (C=O) groups is 1. The molecule has 6 nitrogen and oxygen atoms in total. The molecule has 0 aliphatic carbocycles. The van der Waals surface area contributed by atoms with Crippen LogP contribution in [-0.2, 0) is 10.0 Å². The number of sulfonamides is 1. The first-order valence-electron chi connectivity index (χ1n) is 10.2. The lowest BCUT2D eigenvalue weighted by molar-refractivity contribution is 0.102. The third-order valence-corrected chi connectivity index (χ3v) is 8.20. The monoisotopic (exact) mass is 531 g/mol. The van der Waals surface area contributed by atoms with Crippen LogP contribution < -0.4 is 9.62 Å². The highest BCUT2D eigenvalue weighted by Gasteiger charge is 2.24. The zero-order valence-corrected chi connectivity index (χ0v) is 21.0. The predicted molar refractivity (Wildman–Crippen MR) is 139 cm³/mol. The fraction of sp³-hybridized carbons (Fsp3) is 0.0833. The molecule has 0 atom stereocenters. The Kier molecular flexibility index (Phi) is 7.23. The summed E-state index contributed by atoms with van der Waals surface area (Å²) in [7, 11) is -3.77. The summed E-state index contributed by atoms with van der Waals surface area (Å²) in [5, 5.41) is 5.92. The highest BCUT2D eigenvalue weighted by Crippen LogP contribution is 2.33. The lowest BCUT2D eigenvalue weighted by atomic mass is 10.2. The Morgan fingerprint density at radius 3 is 2.41 bits per heavy atom. The molecule has 4 rings (SSSR count). The molecule has 0 radical (unpaired) electrons. The number of thiazole rings is 1. The number of benzene rings is 3. The lowest BCUT2D eigenvalue weighted by Crippen LogP contribution is -2.30. The Labute approximate surface area is 211 Å². The average molecular weight is 532 g/mol. The molecule has 1 aromatic heterocycles. The molecule has 1 amide bonds. The maximum Gasteiger partial charge on any atom is 0.264 e. The Morgan fingerprint density at radius 2 is 1.74 bits per heavy atom. The number of para-hydroxylation sites is 1. The van der Waals surface area contributed by atoms with Crippen molar-refractivity contribution in [1.82, 2.24) is 4.98 Å². The largest absolute Gasteiger partial charge is 0.298 e. The number of hydrogen-bond donors (Lipinski definition) is 1. The summed E-state index contributed by atoms with van der Waals surface area (Å²) < 4.78 is 27.6. The Morgan fingerprint density at radius 1 is 1.03 bits per heavy atom. The molecule has 0 aliphatic heterocycles. The number of hydrogen-bond acceptors (Lipinski definition) is 5. The van der Waals surface area contributed by atoms with Gasteiger partial charge in [0.15, 0.2) is 5.13 Å². The van der Waals surface area contributed by atoms with Crippen molar-refractivity contribution in [2.45, 2.75) is 11.8 Å². The van der Waals surface area contributed by atoms with E-state index in [4.69, 9.17) is 23.2 Å². The summed E-state index contributed by atoms with van der Waals surface area (Å²) >= 11 is 13.5. The minimum atomic E-state index is -3.77. The van der Waals surface area contributed by atoms with Crippen molar-refractivity contribution >= 4 is 61.3 Å². The number of anilines is 2. The Hall–Kier alpha value is -2.91. The summed E-state index contributed by atoms with van der Waals surface area (Å²) in [4.78, 5) is 17.2. The van der Waals surface area contributed by atoms with Crippen LogP contribution in [-0.4, -0.2) is 25.9 Å². The van der Waals surface area contributed by atoms with E-state index < -0.39 is 15.9 Å². The number of amides is 1. The molecule has 3 aromatic carbocycles. The van der Waals surface area contributed by atoms with Gasteiger partial charge in [-0.1, -0.05) is 41.4 Å². The van der Waals surface area contributed by atoms with E-state index in [9.17, 15) is 13.2 Å². The van der Waals surface area contributed by atoms with Gasteiger partial charge < -0.3 is 0 Å². The zero-order chi connectivity index (χ0) is 24.3. The topological polar surface area (TPSA) is 79.4 Å². The van der Waals surface area contributed by atoms with Crippen molar-refractivity contribution in [2.24, 2.45) is 0 Å². The highest BCUT2D eigenvalue weighted by molar-refractivity contribution is 7.92. The summed E-state index contributed by atoms with van der Waals surface area (Å²) in [6.07, 6.45) is 0. The van der Waals surface area contributed by atoms with Crippen molar-refractivity contribution in [3.05, 3.63) is 93.8 Å². The lowest BCUT2D eigenvalue weighted by Gasteiger charge is -2.22. The number of nitrogens with one attached hydrogen (secondary N) is 1. The van der Waals surface area contributed by atoms with Gasteiger partial charge >= 0.3 is 0 Å². The first kappa shape index (κ1) is 24.2. The van der Waals surface area contributed by atoms with Gasteiger partial charge in [0.05, 0.1) is 21.3 Å². The Bertz CT molecular complexity index is 1420. The van der Waals surface area contributed by atoms with Gasteiger partial charge in [-0.25, -0.2) is 13.4 Å². The van der Waals surface area contributed by atoms with E-state index in [2.05, 4.69) is 10.3 Å². The second kappa shape index (κ2) is 10.1. The number of halogens is 2. The Balaban J connectivity index is 1.51. The molecule has 10 heteroatoms. The van der Waals surface area contributed by atoms with Crippen molar-refractivity contribution in [1.29, 1.82) is 0 Å². The van der Waals surface area contributed by atoms with Crippen molar-refractivity contribution in [2.75, 3.05) is 16.2 Å². The summed E-state index contributed by atoms with van der Waals surface area (Å²) in [5.74, 6) is -0.405. The van der Waals surface area contributed by atoms with Crippen LogP contribution in [0.15, 0.2) is 83.1 Å². The second-order valence-electron chi connectivity index (χ2n) is 7.15. The fourth-order valence-corrected chi connectivity index (χ4v) is 5.87. The van der Waals surface area contributed by atoms with Crippen LogP contribution in [0.1, 0.15) is 17.3 Å². The third kappa shape index (κ3) is 5.10. The zero-order valence-electron chi connectivity index (χ0n) is 17.9. The van der Waals surface area contributed by atoms with Gasteiger partial charge in [0, 0.05) is 28.1 Å². The smallest absolute Gasteiger partial charge is 0.264 e. The fourth-order valence-electron chi connectivity index (χ4n) is 3.31. The van der Waals surface area contributed by atoms with E-state index >= 15 is 0 Å². The molecular weight excluding hydrogens is 513 g/mol. The van der Waals surface area contributed by atoms with E-state index in [0.717, 1.165) is 0 Å². The van der Waals surface area contributed by atoms with Crippen LogP contribution in [0.2, 0.25) is 10.0 Å². The first-order chi connectivity index (χ1) is 16.3. The van der Waals surface area contributed by atoms with Crippen LogP contribution >= 0.6 is 34.5 Å². The molecule has 0 saturated heterocycles. The summed E-state index contributed by atoms with van der Waals surface area (Å²) in [5.41, 5.74) is 2.14. The maximum atomic E-state index is 13.1. The van der Waals surface area contributed by atoms with Crippen LogP contribution in [0.25, 0.3) is 11.3 Å². The molecule has 0 bridgehead atoms. The molecule has 0 unspecified atom stereocenters. The number of nitrogens with zero attached hydrogens (tertiary/aromatic N) is 2. The highest BCUT2D eigenvalue weighted by atomic mass is 35.5. The van der Waals surface area contributed by atoms with E-state index in [1.54, 1.807) is 54.8 Å². The van der Waals surface area contributed by atoms with Gasteiger partial charge in [-0.15, -0.1) is 11.3 Å². The van der Waals surface area contributed by atoms with Crippen LogP contribution in [0.4, 0.5) is 10.8 Å². The van der Waals surface area contributed by atoms with Crippen LogP contribution in [0.5, 0.6) is 0 Å². The van der Waals surface area contributed by atoms with E-state index in [-0.39, 0.29) is 11.4 Å². The van der Waals surface area contributed by atoms with Crippen LogP contribution in [0.3, 0.4) is 0 Å². The first-order valence-corrected chi connectivity index (χ1v) is 13.3. The van der Waals surface area contributed by atoms with Gasteiger partial charge in [-0.3, -0.25) is 14.4 Å². The van der Waals surface area contributed by atoms with E-state index in [0.29, 0.717) is 37.7 Å². The standard InChI is InChI=1S/C24H19Cl2N3O3S2/c1-2-29(18-6-4-3-5-7-18)34(31,32)19-11-8-16(9-12-19)23(30)28-24-27-22(15-33-24)20-14-17(25)10-13-21(20)26/h3-15H,2H2,1H3,(H,27,28,30). The molecular formula is C24H19Cl2N3O3S2. The molecule has 0 spiro atoms. The minimum Gasteiger partial charge on any atom is -0.298 e. The number of carbonyl (C=O) groups excluding carboxylic acids is 1. The second-order valence-corrected chi connectivity index (χ2v) is 10.7. The van der Waals surface area contributed by atoms with Gasteiger partial charge in [0.1, 0.15) is 0 Å². The molecule has 1 heterocycles. The average Bonchev–Trinajstić information content (AvgIpc) is 3.30. The number of aromatic nitrogens is 1. The predicted octanol–water partition coefficient (Wildman–Crippen LogP) is 6.58. The van der Waals surface area contributed by atoms with E-state index in [1.165, 1.54) is 39.9 Å². The van der Waals surface area contributed by atoms with Crippen LogP contribution in [0, 0.1) is 0 Å². The third-order valence-electron chi connectivity index (χ3n) is 4.96. The quantitative estimate of drug-likeness (QED) is 0.292. The van der Waals surface area contributed by atoms with Gasteiger partial charge in [0.25, 0.3) is 15.9 Å². The summed E-state index contributed by atoms with van der Waals surface area (Å²) in [6, 6.07) is 19.7. The van der Waals surface area contributed by atoms with Gasteiger partial charge in [-0.05, 0) is 61.5 Å². The minimum absolute atomic E-state index is 0.0990. The molecule has 0 saturated carbocycles. The molecule has 4 aromatic rings. The SMILES string of the molecule is CCN(c1ccccc1)S(=O)(=O)c1ccc(C(=O)Nc2nc(-c3cc(Cl)ccc3Cl)cs2)cc1. The van der Waals surface area contributed by atoms with Crippen molar-refractivity contribution in [3.63, 3.8) is 0 Å². The van der Waals surface area contributed by atoms with Gasteiger partial charge in [0.2, 0.25) is 0 Å². The normalized spacial score (nSPS) is 11.3.